The van der Waals surface area contributed by atoms with Gasteiger partial charge in [0.15, 0.2) is 5.65 Å². The van der Waals surface area contributed by atoms with E-state index in [2.05, 4.69) is 20.3 Å². The van der Waals surface area contributed by atoms with Crippen LogP contribution in [0.3, 0.4) is 0 Å². The number of hydrogen-bond donors (Lipinski definition) is 1. The smallest absolute Gasteiger partial charge is 0.178 e. The molecule has 6 heteroatoms. The Balaban J connectivity index is 1.94. The van der Waals surface area contributed by atoms with Crippen molar-refractivity contribution in [3.05, 3.63) is 42.7 Å². The summed E-state index contributed by atoms with van der Waals surface area (Å²) in [6.07, 6.45) is 3.33. The average molecular weight is 282 g/mol. The molecule has 3 aromatic rings. The van der Waals surface area contributed by atoms with Crippen molar-refractivity contribution < 1.29 is 9.47 Å². The minimum absolute atomic E-state index is 0.617. The molecule has 106 valence electrons. The number of aromatic nitrogens is 3. The van der Waals surface area contributed by atoms with Crippen LogP contribution in [-0.4, -0.2) is 29.2 Å². The van der Waals surface area contributed by atoms with Crippen molar-refractivity contribution in [2.24, 2.45) is 0 Å². The lowest BCUT2D eigenvalue weighted by Gasteiger charge is -2.10. The number of anilines is 2. The second-order valence-electron chi connectivity index (χ2n) is 4.33. The number of pyridine rings is 1. The molecular formula is C15H14N4O2. The van der Waals surface area contributed by atoms with E-state index in [0.717, 1.165) is 11.2 Å². The molecule has 6 nitrogen and oxygen atoms in total. The predicted molar refractivity (Wildman–Crippen MR) is 80.2 cm³/mol. The van der Waals surface area contributed by atoms with E-state index >= 15 is 0 Å². The van der Waals surface area contributed by atoms with E-state index in [1.807, 2.05) is 24.3 Å². The highest BCUT2D eigenvalue weighted by molar-refractivity contribution is 5.72. The van der Waals surface area contributed by atoms with Crippen molar-refractivity contribution in [1.82, 2.24) is 15.0 Å². The van der Waals surface area contributed by atoms with Gasteiger partial charge in [-0.15, -0.1) is 0 Å². The SMILES string of the molecule is COc1cc(Nc2cnc3ncccc3n2)cc(OC)c1. The summed E-state index contributed by atoms with van der Waals surface area (Å²) in [6.45, 7) is 0. The number of nitrogens with one attached hydrogen (secondary N) is 1. The molecule has 0 radical (unpaired) electrons. The predicted octanol–water partition coefficient (Wildman–Crippen LogP) is 2.79. The minimum atomic E-state index is 0.617. The molecule has 2 aromatic heterocycles. The largest absolute Gasteiger partial charge is 0.497 e. The third kappa shape index (κ3) is 2.84. The minimum Gasteiger partial charge on any atom is -0.497 e. The number of nitrogens with zero attached hydrogens (tertiary/aromatic N) is 3. The van der Waals surface area contributed by atoms with Gasteiger partial charge in [0.2, 0.25) is 0 Å². The molecular weight excluding hydrogens is 268 g/mol. The molecule has 0 amide bonds. The quantitative estimate of drug-likeness (QED) is 0.793. The first kappa shape index (κ1) is 13.1. The van der Waals surface area contributed by atoms with E-state index in [-0.39, 0.29) is 0 Å². The van der Waals surface area contributed by atoms with Gasteiger partial charge in [0.1, 0.15) is 22.8 Å². The van der Waals surface area contributed by atoms with Crippen LogP contribution in [0.5, 0.6) is 11.5 Å². The second-order valence-corrected chi connectivity index (χ2v) is 4.33. The Hall–Kier alpha value is -2.89. The number of fused-ring (bicyclic) bond motifs is 1. The first-order chi connectivity index (χ1) is 10.3. The van der Waals surface area contributed by atoms with Gasteiger partial charge in [-0.05, 0) is 12.1 Å². The zero-order chi connectivity index (χ0) is 14.7. The fraction of sp³-hybridized carbons (Fsp3) is 0.133. The van der Waals surface area contributed by atoms with Crippen molar-refractivity contribution in [3.63, 3.8) is 0 Å². The van der Waals surface area contributed by atoms with Crippen molar-refractivity contribution >= 4 is 22.7 Å². The van der Waals surface area contributed by atoms with Crippen LogP contribution in [-0.2, 0) is 0 Å². The molecule has 0 aliphatic carbocycles. The van der Waals surface area contributed by atoms with Crippen LogP contribution in [0.2, 0.25) is 0 Å². The lowest BCUT2D eigenvalue weighted by Crippen LogP contribution is -1.97. The van der Waals surface area contributed by atoms with Crippen molar-refractivity contribution in [2.75, 3.05) is 19.5 Å². The van der Waals surface area contributed by atoms with Crippen molar-refractivity contribution in [2.45, 2.75) is 0 Å². The van der Waals surface area contributed by atoms with Gasteiger partial charge in [-0.25, -0.2) is 15.0 Å². The van der Waals surface area contributed by atoms with Gasteiger partial charge in [-0.1, -0.05) is 0 Å². The summed E-state index contributed by atoms with van der Waals surface area (Å²) in [4.78, 5) is 12.9. The van der Waals surface area contributed by atoms with E-state index in [1.54, 1.807) is 32.7 Å². The van der Waals surface area contributed by atoms with Crippen molar-refractivity contribution in [1.29, 1.82) is 0 Å². The number of benzene rings is 1. The van der Waals surface area contributed by atoms with E-state index < -0.39 is 0 Å². The third-order valence-electron chi connectivity index (χ3n) is 2.94. The van der Waals surface area contributed by atoms with Gasteiger partial charge in [-0.3, -0.25) is 0 Å². The number of methoxy groups -OCH3 is 2. The Bertz CT molecular complexity index is 754. The first-order valence-corrected chi connectivity index (χ1v) is 6.36. The molecule has 21 heavy (non-hydrogen) atoms. The Kier molecular flexibility index (Phi) is 3.51. The van der Waals surface area contributed by atoms with Crippen LogP contribution < -0.4 is 14.8 Å². The fourth-order valence-corrected chi connectivity index (χ4v) is 1.94. The molecule has 0 atom stereocenters. The van der Waals surface area contributed by atoms with E-state index in [1.165, 1.54) is 0 Å². The molecule has 3 rings (SSSR count). The van der Waals surface area contributed by atoms with Crippen LogP contribution in [0, 0.1) is 0 Å². The molecule has 0 saturated carbocycles. The highest BCUT2D eigenvalue weighted by Crippen LogP contribution is 2.27. The fourth-order valence-electron chi connectivity index (χ4n) is 1.94. The van der Waals surface area contributed by atoms with E-state index in [4.69, 9.17) is 9.47 Å². The lowest BCUT2D eigenvalue weighted by molar-refractivity contribution is 0.395. The van der Waals surface area contributed by atoms with Gasteiger partial charge in [-0.2, -0.15) is 0 Å². The van der Waals surface area contributed by atoms with Gasteiger partial charge in [0.25, 0.3) is 0 Å². The number of ether oxygens (including phenoxy) is 2. The molecule has 0 aliphatic rings. The van der Waals surface area contributed by atoms with E-state index in [0.29, 0.717) is 23.0 Å². The van der Waals surface area contributed by atoms with Gasteiger partial charge in [0, 0.05) is 30.1 Å². The molecule has 0 fully saturated rings. The third-order valence-corrected chi connectivity index (χ3v) is 2.94. The van der Waals surface area contributed by atoms with Crippen LogP contribution >= 0.6 is 0 Å². The maximum absolute atomic E-state index is 5.24. The molecule has 2 heterocycles. The Morgan fingerprint density at radius 1 is 1.00 bits per heavy atom. The van der Waals surface area contributed by atoms with Crippen LogP contribution in [0.1, 0.15) is 0 Å². The molecule has 1 aromatic carbocycles. The summed E-state index contributed by atoms with van der Waals surface area (Å²) in [5.41, 5.74) is 2.16. The molecule has 0 bridgehead atoms. The summed E-state index contributed by atoms with van der Waals surface area (Å²) in [7, 11) is 3.22. The lowest BCUT2D eigenvalue weighted by atomic mass is 10.2. The maximum Gasteiger partial charge on any atom is 0.178 e. The normalized spacial score (nSPS) is 10.4. The summed E-state index contributed by atoms with van der Waals surface area (Å²) in [5, 5.41) is 3.18. The molecule has 1 N–H and O–H groups in total. The summed E-state index contributed by atoms with van der Waals surface area (Å²) < 4.78 is 10.5. The highest BCUT2D eigenvalue weighted by atomic mass is 16.5. The molecule has 0 aliphatic heterocycles. The Morgan fingerprint density at radius 2 is 1.76 bits per heavy atom. The zero-order valence-electron chi connectivity index (χ0n) is 11.7. The summed E-state index contributed by atoms with van der Waals surface area (Å²) in [6, 6.07) is 9.22. The average Bonchev–Trinajstić information content (AvgIpc) is 2.54. The second kappa shape index (κ2) is 5.62. The monoisotopic (exact) mass is 282 g/mol. The topological polar surface area (TPSA) is 69.2 Å². The first-order valence-electron chi connectivity index (χ1n) is 6.36. The Labute approximate surface area is 121 Å². The van der Waals surface area contributed by atoms with Crippen LogP contribution in [0.25, 0.3) is 11.2 Å². The zero-order valence-corrected chi connectivity index (χ0v) is 11.7. The van der Waals surface area contributed by atoms with Crippen LogP contribution in [0.4, 0.5) is 11.5 Å². The van der Waals surface area contributed by atoms with E-state index in [9.17, 15) is 0 Å². The molecule has 0 unspecified atom stereocenters. The number of hydrogen-bond acceptors (Lipinski definition) is 6. The van der Waals surface area contributed by atoms with Gasteiger partial charge >= 0.3 is 0 Å². The summed E-state index contributed by atoms with van der Waals surface area (Å²) in [5.74, 6) is 2.03. The van der Waals surface area contributed by atoms with Crippen LogP contribution in [0.15, 0.2) is 42.7 Å². The van der Waals surface area contributed by atoms with Gasteiger partial charge < -0.3 is 14.8 Å². The number of rotatable bonds is 4. The van der Waals surface area contributed by atoms with Crippen molar-refractivity contribution in [3.8, 4) is 11.5 Å². The Morgan fingerprint density at radius 3 is 2.48 bits per heavy atom. The summed E-state index contributed by atoms with van der Waals surface area (Å²) >= 11 is 0. The maximum atomic E-state index is 5.24. The molecule has 0 spiro atoms. The molecule has 0 saturated heterocycles. The standard InChI is InChI=1S/C15H14N4O2/c1-20-11-6-10(7-12(8-11)21-2)18-14-9-17-15-13(19-14)4-3-5-16-15/h3-9H,1-2H3,(H,18,19). The highest BCUT2D eigenvalue weighted by Gasteiger charge is 2.04. The van der Waals surface area contributed by atoms with Gasteiger partial charge in [0.05, 0.1) is 20.4 Å².